The quantitative estimate of drug-likeness (QED) is 0.488. The van der Waals surface area contributed by atoms with Gasteiger partial charge in [-0.05, 0) is 24.4 Å². The maximum atomic E-state index is 11.5. The summed E-state index contributed by atoms with van der Waals surface area (Å²) < 4.78 is 0.0343. The molecule has 0 bridgehead atoms. The van der Waals surface area contributed by atoms with Crippen LogP contribution in [-0.2, 0) is 0 Å². The summed E-state index contributed by atoms with van der Waals surface area (Å²) in [5.41, 5.74) is -0.122. The highest BCUT2D eigenvalue weighted by Crippen LogP contribution is 2.18. The Morgan fingerprint density at radius 2 is 2.06 bits per heavy atom. The van der Waals surface area contributed by atoms with Gasteiger partial charge in [-0.2, -0.15) is 0 Å². The van der Waals surface area contributed by atoms with Crippen molar-refractivity contribution in [3.05, 3.63) is 45.0 Å². The average molecular weight is 263 g/mol. The first-order chi connectivity index (χ1) is 8.56. The molecule has 0 saturated heterocycles. The highest BCUT2D eigenvalue weighted by atomic mass is 32.1. The molecule has 1 aromatic heterocycles. The molecule has 1 aromatic carbocycles. The van der Waals surface area contributed by atoms with Gasteiger partial charge in [0.2, 0.25) is 5.88 Å². The molecule has 0 amide bonds. The summed E-state index contributed by atoms with van der Waals surface area (Å²) in [6.45, 7) is 0. The Morgan fingerprint density at radius 1 is 1.28 bits per heavy atom. The fourth-order valence-corrected chi connectivity index (χ4v) is 1.51. The molecule has 6 nitrogen and oxygen atoms in total. The number of H-pyrrole nitrogens is 2. The summed E-state index contributed by atoms with van der Waals surface area (Å²) in [5, 5.41) is 18.8. The number of phenols is 1. The SMILES string of the molecule is O=c1[nH]c(=S)[nH]c(O)c1C=Nc1cccc(O)c1. The van der Waals surface area contributed by atoms with Gasteiger partial charge in [-0.15, -0.1) is 0 Å². The molecule has 0 atom stereocenters. The minimum absolute atomic E-state index is 0.0343. The zero-order valence-electron chi connectivity index (χ0n) is 9.04. The molecular weight excluding hydrogens is 254 g/mol. The Labute approximate surface area is 106 Å². The van der Waals surface area contributed by atoms with Crippen molar-refractivity contribution in [3.63, 3.8) is 0 Å². The number of aliphatic imine (C=N–C) groups is 1. The molecule has 0 spiro atoms. The number of phenolic OH excluding ortho intramolecular Hbond substituents is 1. The molecule has 4 N–H and O–H groups in total. The van der Waals surface area contributed by atoms with Gasteiger partial charge < -0.3 is 15.2 Å². The van der Waals surface area contributed by atoms with Crippen LogP contribution < -0.4 is 5.56 Å². The Kier molecular flexibility index (Phi) is 3.24. The van der Waals surface area contributed by atoms with Crippen molar-refractivity contribution in [2.24, 2.45) is 4.99 Å². The summed E-state index contributed by atoms with van der Waals surface area (Å²) in [5.74, 6) is -0.289. The summed E-state index contributed by atoms with van der Waals surface area (Å²) in [7, 11) is 0. The van der Waals surface area contributed by atoms with Gasteiger partial charge in [-0.1, -0.05) is 6.07 Å². The molecule has 0 unspecified atom stereocenters. The molecule has 1 heterocycles. The van der Waals surface area contributed by atoms with E-state index < -0.39 is 5.56 Å². The van der Waals surface area contributed by atoms with E-state index in [9.17, 15) is 15.0 Å². The van der Waals surface area contributed by atoms with Gasteiger partial charge in [-0.3, -0.25) is 14.8 Å². The van der Waals surface area contributed by atoms with E-state index in [0.29, 0.717) is 5.69 Å². The normalized spacial score (nSPS) is 10.9. The third kappa shape index (κ3) is 2.64. The predicted octanol–water partition coefficient (Wildman–Crippen LogP) is 1.59. The number of hydrogen-bond acceptors (Lipinski definition) is 5. The van der Waals surface area contributed by atoms with Gasteiger partial charge in [0.25, 0.3) is 5.56 Å². The van der Waals surface area contributed by atoms with Gasteiger partial charge in [0.05, 0.1) is 5.69 Å². The molecule has 0 fully saturated rings. The van der Waals surface area contributed by atoms with Crippen LogP contribution in [0.2, 0.25) is 0 Å². The number of aromatic amines is 2. The van der Waals surface area contributed by atoms with E-state index in [2.05, 4.69) is 15.0 Å². The highest BCUT2D eigenvalue weighted by Gasteiger charge is 2.04. The lowest BCUT2D eigenvalue weighted by atomic mass is 10.3. The van der Waals surface area contributed by atoms with Crippen LogP contribution in [0.1, 0.15) is 5.56 Å². The lowest BCUT2D eigenvalue weighted by molar-refractivity contribution is 0.449. The number of nitrogens with zero attached hydrogens (tertiary/aromatic N) is 1. The molecule has 0 aliphatic carbocycles. The number of benzene rings is 1. The van der Waals surface area contributed by atoms with Crippen LogP contribution in [0.25, 0.3) is 0 Å². The molecule has 18 heavy (non-hydrogen) atoms. The molecular formula is C11H9N3O3S. The minimum atomic E-state index is -0.542. The third-order valence-corrected chi connectivity index (χ3v) is 2.34. The third-order valence-electron chi connectivity index (χ3n) is 2.13. The lowest BCUT2D eigenvalue weighted by Gasteiger charge is -1.97. The number of aromatic hydroxyl groups is 2. The Balaban J connectivity index is 2.41. The van der Waals surface area contributed by atoms with Gasteiger partial charge in [0, 0.05) is 12.3 Å². The number of nitrogens with one attached hydrogen (secondary N) is 2. The zero-order chi connectivity index (χ0) is 13.1. The van der Waals surface area contributed by atoms with Crippen molar-refractivity contribution in [2.75, 3.05) is 0 Å². The van der Waals surface area contributed by atoms with Crippen molar-refractivity contribution < 1.29 is 10.2 Å². The van der Waals surface area contributed by atoms with Crippen LogP contribution in [0.5, 0.6) is 11.6 Å². The summed E-state index contributed by atoms with van der Waals surface area (Å²) in [6, 6.07) is 6.19. The Morgan fingerprint density at radius 3 is 2.72 bits per heavy atom. The maximum Gasteiger partial charge on any atom is 0.264 e. The summed E-state index contributed by atoms with van der Waals surface area (Å²) >= 11 is 4.69. The first-order valence-corrected chi connectivity index (χ1v) is 5.36. The van der Waals surface area contributed by atoms with Gasteiger partial charge in [-0.25, -0.2) is 0 Å². The topological polar surface area (TPSA) is 101 Å². The molecule has 7 heteroatoms. The van der Waals surface area contributed by atoms with Crippen LogP contribution in [-0.4, -0.2) is 26.4 Å². The highest BCUT2D eigenvalue weighted by molar-refractivity contribution is 7.71. The molecule has 2 aromatic rings. The predicted molar refractivity (Wildman–Crippen MR) is 69.3 cm³/mol. The number of rotatable bonds is 2. The Hall–Kier alpha value is -2.41. The standard InChI is InChI=1S/C11H9N3O3S/c15-7-3-1-2-6(4-7)12-5-8-9(16)13-11(18)14-10(8)17/h1-5,15H,(H3,13,14,16,17,18). The van der Waals surface area contributed by atoms with Crippen LogP contribution in [0.3, 0.4) is 0 Å². The second-order valence-electron chi connectivity index (χ2n) is 3.45. The fraction of sp³-hybridized carbons (Fsp3) is 0. The molecule has 0 saturated carbocycles. The van der Waals surface area contributed by atoms with E-state index in [1.165, 1.54) is 18.3 Å². The van der Waals surface area contributed by atoms with Crippen LogP contribution in [0.4, 0.5) is 5.69 Å². The van der Waals surface area contributed by atoms with E-state index in [1.54, 1.807) is 12.1 Å². The molecule has 0 aliphatic heterocycles. The van der Waals surface area contributed by atoms with Crippen LogP contribution in [0, 0.1) is 4.77 Å². The van der Waals surface area contributed by atoms with E-state index in [-0.39, 0.29) is 22.0 Å². The number of hydrogen-bond donors (Lipinski definition) is 4. The van der Waals surface area contributed by atoms with E-state index in [1.807, 2.05) is 0 Å². The van der Waals surface area contributed by atoms with Gasteiger partial charge >= 0.3 is 0 Å². The molecule has 92 valence electrons. The average Bonchev–Trinajstić information content (AvgIpc) is 2.27. The second-order valence-corrected chi connectivity index (χ2v) is 3.86. The van der Waals surface area contributed by atoms with Crippen molar-refractivity contribution in [1.29, 1.82) is 0 Å². The lowest BCUT2D eigenvalue weighted by Crippen LogP contribution is -2.13. The van der Waals surface area contributed by atoms with Crippen molar-refractivity contribution >= 4 is 24.1 Å². The maximum absolute atomic E-state index is 11.5. The Bertz CT molecular complexity index is 718. The van der Waals surface area contributed by atoms with Crippen molar-refractivity contribution in [3.8, 4) is 11.6 Å². The first kappa shape index (κ1) is 12.1. The largest absolute Gasteiger partial charge is 0.508 e. The summed E-state index contributed by atoms with van der Waals surface area (Å²) in [6.07, 6.45) is 1.19. The second kappa shape index (κ2) is 4.84. The van der Waals surface area contributed by atoms with E-state index in [4.69, 9.17) is 12.2 Å². The first-order valence-electron chi connectivity index (χ1n) is 4.95. The zero-order valence-corrected chi connectivity index (χ0v) is 9.86. The fourth-order valence-electron chi connectivity index (χ4n) is 1.32. The van der Waals surface area contributed by atoms with E-state index >= 15 is 0 Å². The molecule has 0 radical (unpaired) electrons. The monoisotopic (exact) mass is 263 g/mol. The van der Waals surface area contributed by atoms with Crippen molar-refractivity contribution in [1.82, 2.24) is 9.97 Å². The van der Waals surface area contributed by atoms with Gasteiger partial charge in [0.15, 0.2) is 4.77 Å². The smallest absolute Gasteiger partial charge is 0.264 e. The van der Waals surface area contributed by atoms with E-state index in [0.717, 1.165) is 0 Å². The van der Waals surface area contributed by atoms with Crippen molar-refractivity contribution in [2.45, 2.75) is 0 Å². The van der Waals surface area contributed by atoms with Crippen LogP contribution in [0.15, 0.2) is 34.1 Å². The molecule has 2 rings (SSSR count). The number of aromatic nitrogens is 2. The summed E-state index contributed by atoms with van der Waals surface area (Å²) in [4.78, 5) is 20.2. The van der Waals surface area contributed by atoms with Gasteiger partial charge in [0.1, 0.15) is 11.3 Å². The minimum Gasteiger partial charge on any atom is -0.508 e. The molecule has 0 aliphatic rings. The van der Waals surface area contributed by atoms with Crippen LogP contribution >= 0.6 is 12.2 Å².